The number of fused-ring (bicyclic) bond motifs is 1. The van der Waals surface area contributed by atoms with Crippen LogP contribution in [0.4, 0.5) is 17.5 Å². The minimum atomic E-state index is -0.0412. The number of morpholine rings is 1. The fraction of sp³-hybridized carbons (Fsp3) is 0.520. The van der Waals surface area contributed by atoms with Gasteiger partial charge in [-0.2, -0.15) is 4.98 Å². The highest BCUT2D eigenvalue weighted by Gasteiger charge is 2.25. The summed E-state index contributed by atoms with van der Waals surface area (Å²) in [5.41, 5.74) is 1.79. The Morgan fingerprint density at radius 3 is 2.59 bits per heavy atom. The first kappa shape index (κ1) is 25.6. The number of aliphatic hydroxyl groups excluding tert-OH is 1. The summed E-state index contributed by atoms with van der Waals surface area (Å²) in [4.78, 5) is 20.5. The molecule has 12 heteroatoms. The van der Waals surface area contributed by atoms with Crippen LogP contribution >= 0.6 is 11.9 Å². The van der Waals surface area contributed by atoms with Crippen LogP contribution in [0.2, 0.25) is 0 Å². The molecule has 0 aromatic carbocycles. The molecule has 1 saturated heterocycles. The van der Waals surface area contributed by atoms with Crippen LogP contribution in [-0.4, -0.2) is 83.0 Å². The Morgan fingerprint density at radius 2 is 1.86 bits per heavy atom. The molecule has 2 fully saturated rings. The van der Waals surface area contributed by atoms with Gasteiger partial charge in [-0.05, 0) is 31.7 Å². The molecule has 3 aromatic heterocycles. The highest BCUT2D eigenvalue weighted by Crippen LogP contribution is 2.33. The molecule has 5 rings (SSSR count). The van der Waals surface area contributed by atoms with E-state index in [4.69, 9.17) is 29.3 Å². The minimum Gasteiger partial charge on any atom is -0.488 e. The Hall–Kier alpha value is -3.09. The van der Waals surface area contributed by atoms with Crippen molar-refractivity contribution in [3.63, 3.8) is 0 Å². The molecule has 0 bridgehead atoms. The predicted octanol–water partition coefficient (Wildman–Crippen LogP) is 3.12. The van der Waals surface area contributed by atoms with E-state index >= 15 is 0 Å². The number of aliphatic hydroxyl groups is 1. The molecule has 11 nitrogen and oxygen atoms in total. The van der Waals surface area contributed by atoms with Crippen molar-refractivity contribution >= 4 is 40.3 Å². The lowest BCUT2D eigenvalue weighted by atomic mass is 9.93. The molecule has 2 aliphatic rings. The van der Waals surface area contributed by atoms with Crippen LogP contribution in [0, 0.1) is 0 Å². The lowest BCUT2D eigenvalue weighted by Crippen LogP contribution is -2.37. The smallest absolute Gasteiger partial charge is 0.225 e. The Balaban J connectivity index is 1.25. The summed E-state index contributed by atoms with van der Waals surface area (Å²) in [7, 11) is 0. The van der Waals surface area contributed by atoms with Gasteiger partial charge in [0.2, 0.25) is 11.8 Å². The van der Waals surface area contributed by atoms with Crippen molar-refractivity contribution in [3.8, 4) is 11.6 Å². The number of rotatable bonds is 10. The maximum absolute atomic E-state index is 8.87. The molecule has 0 amide bonds. The van der Waals surface area contributed by atoms with Gasteiger partial charge in [-0.1, -0.05) is 11.9 Å². The van der Waals surface area contributed by atoms with E-state index in [0.29, 0.717) is 30.8 Å². The second-order valence-corrected chi connectivity index (χ2v) is 9.64. The number of nitrogens with one attached hydrogen (secondary N) is 2. The van der Waals surface area contributed by atoms with E-state index in [-0.39, 0.29) is 25.4 Å². The van der Waals surface area contributed by atoms with Crippen molar-refractivity contribution in [2.24, 2.45) is 0 Å². The minimum absolute atomic E-state index is 0.0412. The summed E-state index contributed by atoms with van der Waals surface area (Å²) in [6, 6.07) is 4.37. The standard InChI is InChI=1S/C25H33N7O4S/c1-37-31-18-12-21-22(26-14-18)13-23(32-6-9-34-10-7-32)30-24(21)36-19-4-2-17(3-5-19)29-25-27-15-20(16-28-25)35-11-8-33/h12-17,19,31,33H,2-11H2,1H3,(H,27,28,29)/t17-,19+. The van der Waals surface area contributed by atoms with Crippen molar-refractivity contribution in [1.29, 1.82) is 0 Å². The van der Waals surface area contributed by atoms with Crippen LogP contribution in [-0.2, 0) is 4.74 Å². The van der Waals surface area contributed by atoms with Crippen molar-refractivity contribution in [2.75, 3.05) is 60.7 Å². The van der Waals surface area contributed by atoms with Crippen LogP contribution in [0.1, 0.15) is 25.7 Å². The number of ether oxygens (including phenoxy) is 3. The van der Waals surface area contributed by atoms with Gasteiger partial charge >= 0.3 is 0 Å². The fourth-order valence-electron chi connectivity index (χ4n) is 4.59. The summed E-state index contributed by atoms with van der Waals surface area (Å²) < 4.78 is 20.6. The molecule has 0 unspecified atom stereocenters. The third-order valence-corrected chi connectivity index (χ3v) is 6.90. The fourth-order valence-corrected chi connectivity index (χ4v) is 4.94. The van der Waals surface area contributed by atoms with Gasteiger partial charge in [-0.25, -0.2) is 9.97 Å². The van der Waals surface area contributed by atoms with Gasteiger partial charge in [0, 0.05) is 31.5 Å². The van der Waals surface area contributed by atoms with Crippen LogP contribution in [0.5, 0.6) is 11.6 Å². The largest absolute Gasteiger partial charge is 0.488 e. The van der Waals surface area contributed by atoms with Gasteiger partial charge in [-0.15, -0.1) is 0 Å². The molecule has 37 heavy (non-hydrogen) atoms. The van der Waals surface area contributed by atoms with Crippen LogP contribution < -0.4 is 24.4 Å². The summed E-state index contributed by atoms with van der Waals surface area (Å²) in [6.07, 6.45) is 10.8. The molecule has 0 radical (unpaired) electrons. The molecule has 1 aliphatic carbocycles. The number of hydrogen-bond donors (Lipinski definition) is 3. The zero-order valence-corrected chi connectivity index (χ0v) is 21.7. The second-order valence-electron chi connectivity index (χ2n) is 9.03. The van der Waals surface area contributed by atoms with E-state index in [1.165, 1.54) is 11.9 Å². The van der Waals surface area contributed by atoms with Crippen molar-refractivity contribution in [2.45, 2.75) is 37.8 Å². The first-order valence-corrected chi connectivity index (χ1v) is 13.9. The van der Waals surface area contributed by atoms with E-state index in [0.717, 1.165) is 61.2 Å². The van der Waals surface area contributed by atoms with Gasteiger partial charge in [0.25, 0.3) is 0 Å². The van der Waals surface area contributed by atoms with Crippen LogP contribution in [0.15, 0.2) is 30.7 Å². The lowest BCUT2D eigenvalue weighted by molar-refractivity contribution is 0.122. The van der Waals surface area contributed by atoms with E-state index < -0.39 is 0 Å². The number of anilines is 3. The maximum atomic E-state index is 8.87. The van der Waals surface area contributed by atoms with Crippen LogP contribution in [0.3, 0.4) is 0 Å². The number of pyridine rings is 2. The number of aromatic nitrogens is 4. The molecular weight excluding hydrogens is 494 g/mol. The summed E-state index contributed by atoms with van der Waals surface area (Å²) >= 11 is 1.53. The number of nitrogens with zero attached hydrogens (tertiary/aromatic N) is 5. The van der Waals surface area contributed by atoms with E-state index in [1.807, 2.05) is 18.5 Å². The lowest BCUT2D eigenvalue weighted by Gasteiger charge is -2.31. The van der Waals surface area contributed by atoms with Gasteiger partial charge in [0.05, 0.1) is 55.0 Å². The quantitative estimate of drug-likeness (QED) is 0.335. The molecular formula is C25H33N7O4S. The van der Waals surface area contributed by atoms with Gasteiger partial charge in [-0.3, -0.25) is 4.98 Å². The van der Waals surface area contributed by atoms with Crippen molar-refractivity contribution in [1.82, 2.24) is 19.9 Å². The van der Waals surface area contributed by atoms with Crippen molar-refractivity contribution in [3.05, 3.63) is 30.7 Å². The molecule has 1 aliphatic heterocycles. The molecule has 4 heterocycles. The van der Waals surface area contributed by atoms with Gasteiger partial charge < -0.3 is 34.3 Å². The SMILES string of the molecule is CSNc1cnc2cc(N3CCOCC3)nc(O[C@H]3CC[C@@H](Nc4ncc(OCCO)cn4)CC3)c2c1. The topological polar surface area (TPSA) is 127 Å². The molecule has 3 N–H and O–H groups in total. The van der Waals surface area contributed by atoms with Crippen LogP contribution in [0.25, 0.3) is 10.9 Å². The normalized spacial score (nSPS) is 20.0. The first-order chi connectivity index (χ1) is 18.2. The average Bonchev–Trinajstić information content (AvgIpc) is 2.94. The third-order valence-electron chi connectivity index (χ3n) is 6.46. The predicted molar refractivity (Wildman–Crippen MR) is 145 cm³/mol. The molecule has 198 valence electrons. The average molecular weight is 528 g/mol. The Labute approximate surface area is 220 Å². The highest BCUT2D eigenvalue weighted by molar-refractivity contribution is 7.99. The summed E-state index contributed by atoms with van der Waals surface area (Å²) in [5.74, 6) is 2.63. The molecule has 1 saturated carbocycles. The molecule has 0 atom stereocenters. The number of hydrogen-bond acceptors (Lipinski definition) is 12. The van der Waals surface area contributed by atoms with E-state index in [1.54, 1.807) is 12.4 Å². The van der Waals surface area contributed by atoms with Crippen molar-refractivity contribution < 1.29 is 19.3 Å². The van der Waals surface area contributed by atoms with E-state index in [2.05, 4.69) is 31.0 Å². The summed E-state index contributed by atoms with van der Waals surface area (Å²) in [5, 5.41) is 13.2. The highest BCUT2D eigenvalue weighted by atomic mass is 32.2. The monoisotopic (exact) mass is 527 g/mol. The third kappa shape index (κ3) is 6.62. The van der Waals surface area contributed by atoms with E-state index in [9.17, 15) is 0 Å². The maximum Gasteiger partial charge on any atom is 0.225 e. The second kappa shape index (κ2) is 12.4. The molecule has 0 spiro atoms. The van der Waals surface area contributed by atoms with Gasteiger partial charge in [0.15, 0.2) is 5.75 Å². The first-order valence-electron chi connectivity index (χ1n) is 12.6. The van der Waals surface area contributed by atoms with Gasteiger partial charge in [0.1, 0.15) is 18.5 Å². The Kier molecular flexibility index (Phi) is 8.59. The zero-order valence-electron chi connectivity index (χ0n) is 20.9. The molecule has 3 aromatic rings. The Morgan fingerprint density at radius 1 is 1.08 bits per heavy atom. The summed E-state index contributed by atoms with van der Waals surface area (Å²) in [6.45, 7) is 3.18. The zero-order chi connectivity index (χ0) is 25.5. The Bertz CT molecular complexity index is 1160.